The molecule has 3 aromatic heterocycles. The number of halogens is 1. The number of anilines is 2. The summed E-state index contributed by atoms with van der Waals surface area (Å²) in [5, 5.41) is 7.48. The first-order valence-electron chi connectivity index (χ1n) is 6.11. The Morgan fingerprint density at radius 3 is 3.11 bits per heavy atom. The van der Waals surface area contributed by atoms with E-state index >= 15 is 0 Å². The van der Waals surface area contributed by atoms with Gasteiger partial charge in [-0.3, -0.25) is 0 Å². The molecule has 19 heavy (non-hydrogen) atoms. The van der Waals surface area contributed by atoms with Crippen LogP contribution in [-0.4, -0.2) is 24.1 Å². The molecule has 6 nitrogen and oxygen atoms in total. The van der Waals surface area contributed by atoms with Crippen molar-refractivity contribution in [3.05, 3.63) is 36.1 Å². The highest BCUT2D eigenvalue weighted by atomic mass is 35.5. The van der Waals surface area contributed by atoms with Gasteiger partial charge in [-0.15, -0.1) is 5.10 Å². The molecule has 0 radical (unpaired) electrons. The monoisotopic (exact) mass is 274 g/mol. The first-order chi connectivity index (χ1) is 9.29. The summed E-state index contributed by atoms with van der Waals surface area (Å²) in [6.45, 7) is 0. The molecule has 0 amide bonds. The van der Waals surface area contributed by atoms with E-state index in [0.29, 0.717) is 11.9 Å². The molecule has 0 saturated heterocycles. The second kappa shape index (κ2) is 3.96. The van der Waals surface area contributed by atoms with Gasteiger partial charge < -0.3 is 9.88 Å². The smallest absolute Gasteiger partial charge is 0.243 e. The summed E-state index contributed by atoms with van der Waals surface area (Å²) in [4.78, 5) is 8.54. The number of hydrogen-bond donors (Lipinski definition) is 1. The first-order valence-corrected chi connectivity index (χ1v) is 6.49. The highest BCUT2D eigenvalue weighted by Gasteiger charge is 2.23. The number of fused-ring (bicyclic) bond motifs is 1. The molecule has 0 bridgehead atoms. The van der Waals surface area contributed by atoms with Crippen LogP contribution in [0, 0.1) is 0 Å². The summed E-state index contributed by atoms with van der Waals surface area (Å²) in [6, 6.07) is 4.44. The quantitative estimate of drug-likeness (QED) is 0.798. The maximum Gasteiger partial charge on any atom is 0.243 e. The number of rotatable bonds is 3. The molecular weight excluding hydrogens is 264 g/mol. The summed E-state index contributed by atoms with van der Waals surface area (Å²) in [5.41, 5.74) is 0.866. The van der Waals surface area contributed by atoms with Gasteiger partial charge in [0.15, 0.2) is 5.82 Å². The van der Waals surface area contributed by atoms with Gasteiger partial charge in [-0.05, 0) is 36.6 Å². The molecule has 3 heterocycles. The Kier molecular flexibility index (Phi) is 2.25. The summed E-state index contributed by atoms with van der Waals surface area (Å²) in [5.74, 6) is 1.43. The van der Waals surface area contributed by atoms with Crippen molar-refractivity contribution in [2.75, 3.05) is 5.32 Å². The van der Waals surface area contributed by atoms with Gasteiger partial charge in [-0.1, -0.05) is 0 Å². The van der Waals surface area contributed by atoms with Crippen LogP contribution in [0.1, 0.15) is 18.9 Å². The summed E-state index contributed by atoms with van der Waals surface area (Å²) >= 11 is 5.90. The minimum absolute atomic E-state index is 0.202. The van der Waals surface area contributed by atoms with Crippen LogP contribution >= 0.6 is 11.6 Å². The van der Waals surface area contributed by atoms with Crippen LogP contribution in [0.15, 0.2) is 30.9 Å². The number of imidazole rings is 1. The Morgan fingerprint density at radius 1 is 1.37 bits per heavy atom. The maximum absolute atomic E-state index is 5.90. The van der Waals surface area contributed by atoms with Crippen LogP contribution in [0.25, 0.3) is 5.52 Å². The normalized spacial score (nSPS) is 15.0. The molecule has 0 spiro atoms. The van der Waals surface area contributed by atoms with Crippen LogP contribution in [-0.2, 0) is 0 Å². The van der Waals surface area contributed by atoms with Gasteiger partial charge in [-0.2, -0.15) is 4.98 Å². The molecule has 1 N–H and O–H groups in total. The van der Waals surface area contributed by atoms with Crippen molar-refractivity contribution in [3.8, 4) is 0 Å². The van der Waals surface area contributed by atoms with Gasteiger partial charge >= 0.3 is 0 Å². The first kappa shape index (κ1) is 10.8. The highest BCUT2D eigenvalue weighted by Crippen LogP contribution is 2.35. The number of aromatic nitrogens is 5. The average molecular weight is 275 g/mol. The molecule has 96 valence electrons. The predicted octanol–water partition coefficient (Wildman–Crippen LogP) is 2.66. The second-order valence-corrected chi connectivity index (χ2v) is 4.97. The van der Waals surface area contributed by atoms with Crippen LogP contribution in [0.3, 0.4) is 0 Å². The van der Waals surface area contributed by atoms with Crippen molar-refractivity contribution < 1.29 is 0 Å². The van der Waals surface area contributed by atoms with E-state index in [0.717, 1.165) is 11.3 Å². The third kappa shape index (κ3) is 1.94. The van der Waals surface area contributed by atoms with Crippen molar-refractivity contribution in [2.24, 2.45) is 0 Å². The Bertz CT molecular complexity index is 742. The number of hydrogen-bond acceptors (Lipinski definition) is 4. The van der Waals surface area contributed by atoms with Crippen LogP contribution in [0.4, 0.5) is 11.6 Å². The van der Waals surface area contributed by atoms with E-state index in [2.05, 4.69) is 25.0 Å². The minimum Gasteiger partial charge on any atom is -0.332 e. The van der Waals surface area contributed by atoms with Crippen LogP contribution in [0.5, 0.6) is 0 Å². The van der Waals surface area contributed by atoms with Crippen molar-refractivity contribution in [1.29, 1.82) is 0 Å². The second-order valence-electron chi connectivity index (χ2n) is 4.63. The Hall–Kier alpha value is -2.08. The zero-order valence-corrected chi connectivity index (χ0v) is 10.7. The minimum atomic E-state index is 0.202. The fourth-order valence-electron chi connectivity index (χ4n) is 2.09. The molecule has 1 aliphatic rings. The van der Waals surface area contributed by atoms with Crippen molar-refractivity contribution in [2.45, 2.75) is 18.9 Å². The molecule has 1 saturated carbocycles. The van der Waals surface area contributed by atoms with E-state index in [1.807, 2.05) is 30.9 Å². The molecule has 0 aromatic carbocycles. The number of nitrogens with zero attached hydrogens (tertiary/aromatic N) is 5. The van der Waals surface area contributed by atoms with Crippen molar-refractivity contribution >= 4 is 28.8 Å². The summed E-state index contributed by atoms with van der Waals surface area (Å²) in [6.07, 6.45) is 8.14. The van der Waals surface area contributed by atoms with Crippen molar-refractivity contribution in [1.82, 2.24) is 24.1 Å². The SMILES string of the molecule is Clc1nc(Nc2cn(C3CC3)cn2)c2cccn2n1. The fourth-order valence-corrected chi connectivity index (χ4v) is 2.26. The van der Waals surface area contributed by atoms with E-state index in [4.69, 9.17) is 11.6 Å². The van der Waals surface area contributed by atoms with Gasteiger partial charge in [0.2, 0.25) is 5.28 Å². The zero-order valence-electron chi connectivity index (χ0n) is 9.99. The average Bonchev–Trinajstić information content (AvgIpc) is 2.95. The lowest BCUT2D eigenvalue weighted by atomic mass is 10.5. The van der Waals surface area contributed by atoms with E-state index in [1.165, 1.54) is 12.8 Å². The zero-order chi connectivity index (χ0) is 12.8. The molecular formula is C12H11ClN6. The van der Waals surface area contributed by atoms with E-state index < -0.39 is 0 Å². The van der Waals surface area contributed by atoms with Crippen molar-refractivity contribution in [3.63, 3.8) is 0 Å². The molecule has 0 atom stereocenters. The van der Waals surface area contributed by atoms with Gasteiger partial charge in [-0.25, -0.2) is 9.50 Å². The fraction of sp³-hybridized carbons (Fsp3) is 0.250. The third-order valence-electron chi connectivity index (χ3n) is 3.18. The maximum atomic E-state index is 5.90. The Labute approximate surface area is 114 Å². The van der Waals surface area contributed by atoms with E-state index in [9.17, 15) is 0 Å². The van der Waals surface area contributed by atoms with Gasteiger partial charge in [0.05, 0.1) is 6.33 Å². The molecule has 1 fully saturated rings. The predicted molar refractivity (Wildman–Crippen MR) is 71.8 cm³/mol. The van der Waals surface area contributed by atoms with Gasteiger partial charge in [0.25, 0.3) is 0 Å². The van der Waals surface area contributed by atoms with E-state index in [-0.39, 0.29) is 5.28 Å². The highest BCUT2D eigenvalue weighted by molar-refractivity contribution is 6.28. The molecule has 4 rings (SSSR count). The molecule has 7 heteroatoms. The van der Waals surface area contributed by atoms with Crippen LogP contribution < -0.4 is 5.32 Å². The summed E-state index contributed by atoms with van der Waals surface area (Å²) < 4.78 is 3.82. The third-order valence-corrected chi connectivity index (χ3v) is 3.34. The Balaban J connectivity index is 1.71. The molecule has 0 aliphatic heterocycles. The lowest BCUT2D eigenvalue weighted by molar-refractivity contribution is 0.741. The van der Waals surface area contributed by atoms with Gasteiger partial charge in [0, 0.05) is 18.4 Å². The standard InChI is InChI=1S/C12H11ClN6/c13-12-16-11(9-2-1-5-19(9)17-12)15-10-6-18(7-14-10)8-3-4-8/h1-2,5-8H,3-4H2,(H,15,16,17). The lowest BCUT2D eigenvalue weighted by Gasteiger charge is -2.04. The topological polar surface area (TPSA) is 60.0 Å². The molecule has 3 aromatic rings. The number of nitrogens with one attached hydrogen (secondary N) is 1. The lowest BCUT2D eigenvalue weighted by Crippen LogP contribution is -2.01. The van der Waals surface area contributed by atoms with Gasteiger partial charge in [0.1, 0.15) is 11.3 Å². The Morgan fingerprint density at radius 2 is 2.26 bits per heavy atom. The largest absolute Gasteiger partial charge is 0.332 e. The summed E-state index contributed by atoms with van der Waals surface area (Å²) in [7, 11) is 0. The van der Waals surface area contributed by atoms with E-state index in [1.54, 1.807) is 4.52 Å². The molecule has 1 aliphatic carbocycles. The van der Waals surface area contributed by atoms with Crippen LogP contribution in [0.2, 0.25) is 5.28 Å². The molecule has 0 unspecified atom stereocenters.